The van der Waals surface area contributed by atoms with Crippen LogP contribution < -0.4 is 0 Å². The van der Waals surface area contributed by atoms with Crippen LogP contribution in [-0.4, -0.2) is 42.1 Å². The van der Waals surface area contributed by atoms with Crippen LogP contribution in [-0.2, 0) is 9.53 Å². The quantitative estimate of drug-likeness (QED) is 0.322. The van der Waals surface area contributed by atoms with Gasteiger partial charge in [-0.1, -0.05) is 13.3 Å². The fourth-order valence-electron chi connectivity index (χ4n) is 1.29. The highest BCUT2D eigenvalue weighted by Crippen LogP contribution is 2.48. The maximum absolute atomic E-state index is 12.9. The Balaban J connectivity index is 4.03. The van der Waals surface area contributed by atoms with Crippen LogP contribution in [0.15, 0.2) is 0 Å². The van der Waals surface area contributed by atoms with Crippen molar-refractivity contribution in [3.63, 3.8) is 0 Å². The molecule has 0 atom stereocenters. The normalized spacial score (nSPS) is 13.3. The van der Waals surface area contributed by atoms with Crippen molar-refractivity contribution < 1.29 is 40.3 Å². The number of rotatable bonds is 10. The molecule has 0 bridgehead atoms. The number of alkyl halides is 7. The highest BCUT2D eigenvalue weighted by molar-refractivity contribution is 7.99. The van der Waals surface area contributed by atoms with Crippen LogP contribution in [0.2, 0.25) is 0 Å². The van der Waals surface area contributed by atoms with E-state index in [2.05, 4.69) is 0 Å². The average molecular weight is 358 g/mol. The largest absolute Gasteiger partial charge is 0.465 e. The Kier molecular flexibility index (Phi) is 8.56. The third-order valence-electron chi connectivity index (χ3n) is 2.58. The lowest BCUT2D eigenvalue weighted by atomic mass is 10.1. The van der Waals surface area contributed by atoms with Gasteiger partial charge in [-0.15, -0.1) is 0 Å². The first kappa shape index (κ1) is 21.3. The Labute approximate surface area is 127 Å². The number of thioether (sulfide) groups is 1. The molecule has 0 aliphatic rings. The predicted octanol–water partition coefficient (Wildman–Crippen LogP) is 4.68. The molecule has 0 unspecified atom stereocenters. The molecule has 0 aliphatic carbocycles. The predicted molar refractivity (Wildman–Crippen MR) is 68.4 cm³/mol. The van der Waals surface area contributed by atoms with Gasteiger partial charge >= 0.3 is 24.0 Å². The monoisotopic (exact) mass is 358 g/mol. The number of hydrogen-bond donors (Lipinski definition) is 0. The fourth-order valence-corrected chi connectivity index (χ4v) is 2.03. The molecule has 2 nitrogen and oxygen atoms in total. The summed E-state index contributed by atoms with van der Waals surface area (Å²) in [6.45, 7) is 2.12. The lowest BCUT2D eigenvalue weighted by Gasteiger charge is -2.28. The zero-order chi connectivity index (χ0) is 17.4. The summed E-state index contributed by atoms with van der Waals surface area (Å²) in [5, 5.41) is 0. The van der Waals surface area contributed by atoms with Gasteiger partial charge in [0, 0.05) is 6.42 Å². The number of unbranched alkanes of at least 4 members (excludes halogenated alkanes) is 1. The second-order valence-electron chi connectivity index (χ2n) is 4.51. The molecule has 0 saturated carbocycles. The number of esters is 1. The number of carbonyl (C=O) groups excluding carboxylic acids is 1. The molecule has 0 rings (SSSR count). The molecule has 0 aromatic carbocycles. The minimum Gasteiger partial charge on any atom is -0.465 e. The van der Waals surface area contributed by atoms with E-state index in [1.807, 2.05) is 6.92 Å². The Morgan fingerprint density at radius 3 is 2.14 bits per heavy atom. The van der Waals surface area contributed by atoms with Gasteiger partial charge in [0.2, 0.25) is 0 Å². The summed E-state index contributed by atoms with van der Waals surface area (Å²) >= 11 is 0.844. The van der Waals surface area contributed by atoms with Crippen LogP contribution in [0.4, 0.5) is 30.7 Å². The van der Waals surface area contributed by atoms with Crippen molar-refractivity contribution in [3.05, 3.63) is 0 Å². The van der Waals surface area contributed by atoms with E-state index in [4.69, 9.17) is 4.74 Å². The van der Waals surface area contributed by atoms with E-state index in [9.17, 15) is 35.5 Å². The van der Waals surface area contributed by atoms with Gasteiger partial charge in [-0.3, -0.25) is 4.79 Å². The maximum atomic E-state index is 12.9. The molecule has 0 spiro atoms. The summed E-state index contributed by atoms with van der Waals surface area (Å²) in [4.78, 5) is 11.1. The Morgan fingerprint density at radius 2 is 1.64 bits per heavy atom. The first-order chi connectivity index (χ1) is 9.95. The molecule has 10 heteroatoms. The summed E-state index contributed by atoms with van der Waals surface area (Å²) in [5.41, 5.74) is 0. The lowest BCUT2D eigenvalue weighted by molar-refractivity contribution is -0.355. The molecule has 0 heterocycles. The van der Waals surface area contributed by atoms with E-state index < -0.39 is 36.8 Å². The van der Waals surface area contributed by atoms with Crippen LogP contribution in [0.3, 0.4) is 0 Å². The third-order valence-corrected chi connectivity index (χ3v) is 3.59. The number of halogens is 7. The Hall–Kier alpha value is -0.670. The molecule has 132 valence electrons. The van der Waals surface area contributed by atoms with Gasteiger partial charge in [-0.25, -0.2) is 0 Å². The summed E-state index contributed by atoms with van der Waals surface area (Å²) in [5.74, 6) is -12.1. The van der Waals surface area contributed by atoms with E-state index in [0.717, 1.165) is 18.2 Å². The standard InChI is InChI=1S/C12H17F7O2S/c1-2-3-6-21-9(20)8-22-7-4-5-10(13,14)11(15,16)12(17,18)19/h2-8H2,1H3. The average Bonchev–Trinajstić information content (AvgIpc) is 2.37. The van der Waals surface area contributed by atoms with Gasteiger partial charge < -0.3 is 4.74 Å². The Bertz CT molecular complexity index is 345. The molecule has 22 heavy (non-hydrogen) atoms. The van der Waals surface area contributed by atoms with E-state index in [1.54, 1.807) is 0 Å². The van der Waals surface area contributed by atoms with Gasteiger partial charge in [-0.2, -0.15) is 42.5 Å². The number of hydrogen-bond acceptors (Lipinski definition) is 3. The summed E-state index contributed by atoms with van der Waals surface area (Å²) in [7, 11) is 0. The fraction of sp³-hybridized carbons (Fsp3) is 0.917. The van der Waals surface area contributed by atoms with Crippen molar-refractivity contribution in [2.24, 2.45) is 0 Å². The van der Waals surface area contributed by atoms with Gasteiger partial charge in [0.15, 0.2) is 0 Å². The molecule has 0 saturated heterocycles. The third kappa shape index (κ3) is 6.62. The van der Waals surface area contributed by atoms with Gasteiger partial charge in [0.05, 0.1) is 12.4 Å². The molecule has 0 aliphatic heterocycles. The first-order valence-electron chi connectivity index (χ1n) is 6.51. The van der Waals surface area contributed by atoms with Crippen molar-refractivity contribution in [3.8, 4) is 0 Å². The molecule has 0 aromatic rings. The number of ether oxygens (including phenoxy) is 1. The van der Waals surface area contributed by atoms with Crippen molar-refractivity contribution in [2.75, 3.05) is 18.1 Å². The highest BCUT2D eigenvalue weighted by atomic mass is 32.2. The maximum Gasteiger partial charge on any atom is 0.459 e. The highest BCUT2D eigenvalue weighted by Gasteiger charge is 2.72. The van der Waals surface area contributed by atoms with Gasteiger partial charge in [0.25, 0.3) is 0 Å². The summed E-state index contributed by atoms with van der Waals surface area (Å²) < 4.78 is 91.3. The van der Waals surface area contributed by atoms with Gasteiger partial charge in [0.1, 0.15) is 0 Å². The van der Waals surface area contributed by atoms with Crippen LogP contribution in [0.25, 0.3) is 0 Å². The van der Waals surface area contributed by atoms with Crippen LogP contribution in [0.5, 0.6) is 0 Å². The minimum absolute atomic E-state index is 0.146. The first-order valence-corrected chi connectivity index (χ1v) is 7.67. The number of carbonyl (C=O) groups is 1. The topological polar surface area (TPSA) is 26.3 Å². The Morgan fingerprint density at radius 1 is 1.05 bits per heavy atom. The molecular weight excluding hydrogens is 341 g/mol. The van der Waals surface area contributed by atoms with Crippen molar-refractivity contribution in [1.82, 2.24) is 0 Å². The van der Waals surface area contributed by atoms with E-state index >= 15 is 0 Å². The zero-order valence-electron chi connectivity index (χ0n) is 11.8. The lowest BCUT2D eigenvalue weighted by Crippen LogP contribution is -2.51. The van der Waals surface area contributed by atoms with Crippen LogP contribution in [0, 0.1) is 0 Å². The van der Waals surface area contributed by atoms with E-state index in [0.29, 0.717) is 6.42 Å². The zero-order valence-corrected chi connectivity index (χ0v) is 12.6. The van der Waals surface area contributed by atoms with Crippen LogP contribution in [0.1, 0.15) is 32.6 Å². The molecular formula is C12H17F7O2S. The van der Waals surface area contributed by atoms with Crippen LogP contribution >= 0.6 is 11.8 Å². The molecule has 0 amide bonds. The SMILES string of the molecule is CCCCOC(=O)CSCCCC(F)(F)C(F)(F)C(F)(F)F. The molecule has 0 N–H and O–H groups in total. The second kappa shape index (κ2) is 8.83. The van der Waals surface area contributed by atoms with E-state index in [1.165, 1.54) is 0 Å². The van der Waals surface area contributed by atoms with Gasteiger partial charge in [-0.05, 0) is 18.6 Å². The summed E-state index contributed by atoms with van der Waals surface area (Å²) in [6, 6.07) is 0. The molecule has 0 aromatic heterocycles. The molecule has 0 fully saturated rings. The summed E-state index contributed by atoms with van der Waals surface area (Å²) in [6.07, 6.45) is -6.99. The molecule has 0 radical (unpaired) electrons. The van der Waals surface area contributed by atoms with Crippen molar-refractivity contribution >= 4 is 17.7 Å². The van der Waals surface area contributed by atoms with E-state index in [-0.39, 0.29) is 18.1 Å². The van der Waals surface area contributed by atoms with Crippen molar-refractivity contribution in [1.29, 1.82) is 0 Å². The minimum atomic E-state index is -6.30. The second-order valence-corrected chi connectivity index (χ2v) is 5.61. The van der Waals surface area contributed by atoms with Crippen molar-refractivity contribution in [2.45, 2.75) is 50.6 Å². The smallest absolute Gasteiger partial charge is 0.459 e.